The minimum atomic E-state index is -0.252. The van der Waals surface area contributed by atoms with E-state index in [1.165, 1.54) is 45.3 Å². The zero-order valence-corrected chi connectivity index (χ0v) is 28.7. The minimum absolute atomic E-state index is 0.0446. The van der Waals surface area contributed by atoms with Crippen LogP contribution in [0, 0.1) is 27.7 Å². The molecule has 1 aliphatic carbocycles. The predicted molar refractivity (Wildman–Crippen MR) is 190 cm³/mol. The van der Waals surface area contributed by atoms with E-state index in [2.05, 4.69) is 67.3 Å². The standard InChI is InChI=1S/C19H23N3.C17H21ClN2O2S/c1-14-6-8-18(16(3)10-14)20-12-22(5)13-21-19-9-7-15(2)11-17(19)4;1-11-15(12-7-9-13(18)10-8-12)23-17(22)20(11)16(21)19-14-5-3-2-4-6-14/h6-13H,1-5H3;7-11,14-15H,2-6H2,1H3,(H,19,21)/t;11-,15+/m.0/s1. The number of rotatable bonds is 6. The maximum atomic E-state index is 12.5. The second kappa shape index (κ2) is 16.1. The second-order valence-corrected chi connectivity index (χ2v) is 13.5. The van der Waals surface area contributed by atoms with Gasteiger partial charge in [-0.25, -0.2) is 14.8 Å². The quantitative estimate of drug-likeness (QED) is 0.214. The number of carbonyl (C=O) groups is 2. The van der Waals surface area contributed by atoms with Crippen LogP contribution in [0.3, 0.4) is 0 Å². The van der Waals surface area contributed by atoms with Gasteiger partial charge in [-0.15, -0.1) is 0 Å². The topological polar surface area (TPSA) is 77.4 Å². The monoisotopic (exact) mass is 645 g/mol. The van der Waals surface area contributed by atoms with Gasteiger partial charge in [0.05, 0.1) is 35.3 Å². The molecule has 2 aliphatic rings. The molecule has 1 saturated heterocycles. The molecule has 0 aromatic heterocycles. The van der Waals surface area contributed by atoms with Crippen LogP contribution in [0.4, 0.5) is 21.0 Å². The number of halogens is 1. The van der Waals surface area contributed by atoms with Gasteiger partial charge in [0.25, 0.3) is 5.24 Å². The first-order chi connectivity index (χ1) is 21.5. The smallest absolute Gasteiger partial charge is 0.325 e. The lowest BCUT2D eigenvalue weighted by Gasteiger charge is -2.27. The Balaban J connectivity index is 0.000000205. The number of aryl methyl sites for hydroxylation is 4. The number of amides is 3. The molecule has 1 aliphatic heterocycles. The molecular formula is C36H44ClN5O2S. The van der Waals surface area contributed by atoms with Crippen molar-refractivity contribution in [1.82, 2.24) is 15.1 Å². The summed E-state index contributed by atoms with van der Waals surface area (Å²) in [6.07, 6.45) is 9.12. The number of nitrogens with one attached hydrogen (secondary N) is 1. The number of hydrogen-bond acceptors (Lipinski definition) is 5. The van der Waals surface area contributed by atoms with Crippen molar-refractivity contribution in [3.8, 4) is 0 Å². The summed E-state index contributed by atoms with van der Waals surface area (Å²) in [5, 5.41) is 3.48. The van der Waals surface area contributed by atoms with E-state index in [4.69, 9.17) is 11.6 Å². The lowest BCUT2D eigenvalue weighted by Crippen LogP contribution is -2.48. The molecule has 3 aromatic rings. The van der Waals surface area contributed by atoms with E-state index < -0.39 is 0 Å². The van der Waals surface area contributed by atoms with Crippen LogP contribution in [0.1, 0.15) is 72.1 Å². The van der Waals surface area contributed by atoms with Crippen LogP contribution in [0.5, 0.6) is 0 Å². The highest BCUT2D eigenvalue weighted by Crippen LogP contribution is 2.43. The highest BCUT2D eigenvalue weighted by molar-refractivity contribution is 8.14. The number of nitrogens with zero attached hydrogens (tertiary/aromatic N) is 4. The summed E-state index contributed by atoms with van der Waals surface area (Å²) in [5.41, 5.74) is 7.84. The number of carbonyl (C=O) groups excluding carboxylic acids is 2. The van der Waals surface area contributed by atoms with Gasteiger partial charge >= 0.3 is 6.03 Å². The third-order valence-electron chi connectivity index (χ3n) is 8.08. The molecule has 45 heavy (non-hydrogen) atoms. The number of aliphatic imine (C=N–C) groups is 2. The van der Waals surface area contributed by atoms with Crippen LogP contribution in [-0.2, 0) is 0 Å². The minimum Gasteiger partial charge on any atom is -0.335 e. The summed E-state index contributed by atoms with van der Waals surface area (Å²) >= 11 is 7.14. The van der Waals surface area contributed by atoms with Gasteiger partial charge < -0.3 is 10.2 Å². The number of thioether (sulfide) groups is 1. The van der Waals surface area contributed by atoms with Crippen LogP contribution in [0.25, 0.3) is 0 Å². The Hall–Kier alpha value is -3.62. The molecule has 0 unspecified atom stereocenters. The van der Waals surface area contributed by atoms with Gasteiger partial charge in [-0.1, -0.05) is 90.2 Å². The van der Waals surface area contributed by atoms with Crippen molar-refractivity contribution in [2.75, 3.05) is 7.05 Å². The summed E-state index contributed by atoms with van der Waals surface area (Å²) in [5.74, 6) is 0. The highest BCUT2D eigenvalue weighted by atomic mass is 35.5. The first kappa shape index (κ1) is 34.3. The van der Waals surface area contributed by atoms with Crippen LogP contribution in [0.2, 0.25) is 5.02 Å². The normalized spacial score (nSPS) is 18.7. The fourth-order valence-corrected chi connectivity index (χ4v) is 6.88. The molecule has 0 spiro atoms. The van der Waals surface area contributed by atoms with Crippen molar-refractivity contribution in [3.63, 3.8) is 0 Å². The van der Waals surface area contributed by atoms with Crippen molar-refractivity contribution < 1.29 is 9.59 Å². The largest absolute Gasteiger partial charge is 0.335 e. The number of urea groups is 1. The van der Waals surface area contributed by atoms with Gasteiger partial charge in [0.2, 0.25) is 0 Å². The Morgan fingerprint density at radius 2 is 1.42 bits per heavy atom. The Morgan fingerprint density at radius 3 is 1.93 bits per heavy atom. The molecule has 0 radical (unpaired) electrons. The average molecular weight is 646 g/mol. The molecular weight excluding hydrogens is 602 g/mol. The molecule has 238 valence electrons. The van der Waals surface area contributed by atoms with Gasteiger partial charge in [-0.05, 0) is 88.4 Å². The Morgan fingerprint density at radius 1 is 0.889 bits per heavy atom. The Labute approximate surface area is 277 Å². The molecule has 3 aromatic carbocycles. The van der Waals surface area contributed by atoms with Crippen LogP contribution in [0.15, 0.2) is 70.6 Å². The third kappa shape index (κ3) is 9.68. The first-order valence-electron chi connectivity index (χ1n) is 15.5. The SMILES string of the molecule is C[C@H]1[C@H](c2ccc(Cl)cc2)SC(=O)N1C(=O)NC1CCCCC1.Cc1ccc(N=CN(C)C=Nc2ccc(C)cc2C)c(C)c1. The van der Waals surface area contributed by atoms with E-state index in [0.29, 0.717) is 5.02 Å². The van der Waals surface area contributed by atoms with Crippen molar-refractivity contribution in [3.05, 3.63) is 93.5 Å². The van der Waals surface area contributed by atoms with Gasteiger partial charge in [-0.3, -0.25) is 9.69 Å². The van der Waals surface area contributed by atoms with Crippen molar-refractivity contribution >= 4 is 58.7 Å². The molecule has 1 N–H and O–H groups in total. The van der Waals surface area contributed by atoms with E-state index in [1.54, 1.807) is 12.7 Å². The van der Waals surface area contributed by atoms with E-state index in [1.807, 2.05) is 55.3 Å². The van der Waals surface area contributed by atoms with E-state index in [-0.39, 0.29) is 28.6 Å². The van der Waals surface area contributed by atoms with Gasteiger partial charge in [0.1, 0.15) is 0 Å². The maximum Gasteiger partial charge on any atom is 0.325 e. The molecule has 1 heterocycles. The fraction of sp³-hybridized carbons (Fsp3) is 0.389. The van der Waals surface area contributed by atoms with Crippen molar-refractivity contribution in [2.45, 2.75) is 84.1 Å². The molecule has 2 atom stereocenters. The van der Waals surface area contributed by atoms with E-state index in [0.717, 1.165) is 42.6 Å². The van der Waals surface area contributed by atoms with E-state index >= 15 is 0 Å². The van der Waals surface area contributed by atoms with E-state index in [9.17, 15) is 9.59 Å². The van der Waals surface area contributed by atoms with Crippen LogP contribution >= 0.6 is 23.4 Å². The molecule has 7 nitrogen and oxygen atoms in total. The second-order valence-electron chi connectivity index (χ2n) is 12.0. The first-order valence-corrected chi connectivity index (χ1v) is 16.8. The Kier molecular flexibility index (Phi) is 12.3. The zero-order chi connectivity index (χ0) is 32.5. The molecule has 1 saturated carbocycles. The average Bonchev–Trinajstić information content (AvgIpc) is 3.31. The lowest BCUT2D eigenvalue weighted by molar-refractivity contribution is 0.184. The fourth-order valence-electron chi connectivity index (χ4n) is 5.56. The summed E-state index contributed by atoms with van der Waals surface area (Å²) < 4.78 is 0. The van der Waals surface area contributed by atoms with Crippen molar-refractivity contribution in [1.29, 1.82) is 0 Å². The highest BCUT2D eigenvalue weighted by Gasteiger charge is 2.42. The third-order valence-corrected chi connectivity index (χ3v) is 9.65. The molecule has 9 heteroatoms. The predicted octanol–water partition coefficient (Wildman–Crippen LogP) is 9.85. The molecule has 2 fully saturated rings. The lowest BCUT2D eigenvalue weighted by atomic mass is 9.96. The Bertz CT molecular complexity index is 1470. The van der Waals surface area contributed by atoms with Crippen LogP contribution in [-0.4, -0.2) is 52.9 Å². The summed E-state index contributed by atoms with van der Waals surface area (Å²) in [6, 6.07) is 19.8. The molecule has 0 bridgehead atoms. The van der Waals surface area contributed by atoms with Gasteiger partial charge in [-0.2, -0.15) is 0 Å². The number of benzene rings is 3. The molecule has 3 amide bonds. The summed E-state index contributed by atoms with van der Waals surface area (Å²) in [4.78, 5) is 37.1. The summed E-state index contributed by atoms with van der Waals surface area (Å²) in [6.45, 7) is 10.2. The van der Waals surface area contributed by atoms with Gasteiger partial charge in [0, 0.05) is 18.1 Å². The maximum absolute atomic E-state index is 12.5. The van der Waals surface area contributed by atoms with Gasteiger partial charge in [0.15, 0.2) is 0 Å². The molecule has 5 rings (SSSR count). The number of imide groups is 1. The summed E-state index contributed by atoms with van der Waals surface area (Å²) in [7, 11) is 1.93. The number of hydrogen-bond donors (Lipinski definition) is 1. The van der Waals surface area contributed by atoms with Crippen LogP contribution < -0.4 is 5.32 Å². The zero-order valence-electron chi connectivity index (χ0n) is 27.1. The van der Waals surface area contributed by atoms with Crippen molar-refractivity contribution in [2.24, 2.45) is 9.98 Å².